The van der Waals surface area contributed by atoms with E-state index in [4.69, 9.17) is 4.74 Å². The first kappa shape index (κ1) is 21.5. The van der Waals surface area contributed by atoms with E-state index in [0.717, 1.165) is 19.3 Å². The highest BCUT2D eigenvalue weighted by atomic mass is 16.5. The minimum Gasteiger partial charge on any atom is -0.462 e. The fourth-order valence-corrected chi connectivity index (χ4v) is 3.71. The third-order valence-corrected chi connectivity index (χ3v) is 5.33. The summed E-state index contributed by atoms with van der Waals surface area (Å²) in [4.78, 5) is 11.7. The predicted octanol–water partition coefficient (Wildman–Crippen LogP) is 7.34. The number of carbonyl (C=O) groups is 1. The van der Waals surface area contributed by atoms with Crippen molar-refractivity contribution in [1.82, 2.24) is 0 Å². The maximum Gasteiger partial charge on any atom is 0.306 e. The van der Waals surface area contributed by atoms with Gasteiger partial charge >= 0.3 is 5.97 Å². The van der Waals surface area contributed by atoms with Crippen molar-refractivity contribution in [3.8, 4) is 0 Å². The van der Waals surface area contributed by atoms with E-state index in [9.17, 15) is 4.79 Å². The largest absolute Gasteiger partial charge is 0.462 e. The lowest BCUT2D eigenvalue weighted by atomic mass is 10.0. The Hall–Kier alpha value is -0.530. The molecule has 0 N–H and O–H groups in total. The molecule has 1 rings (SSSR count). The zero-order valence-corrected chi connectivity index (χ0v) is 16.3. The van der Waals surface area contributed by atoms with Crippen LogP contribution in [0.3, 0.4) is 0 Å². The summed E-state index contributed by atoms with van der Waals surface area (Å²) in [6.45, 7) is 2.28. The van der Waals surface area contributed by atoms with Gasteiger partial charge < -0.3 is 4.74 Å². The second kappa shape index (κ2) is 16.0. The first-order valence-corrected chi connectivity index (χ1v) is 11.0. The van der Waals surface area contributed by atoms with E-state index in [0.29, 0.717) is 6.42 Å². The summed E-state index contributed by atoms with van der Waals surface area (Å²) in [5, 5.41) is 0. The average Bonchev–Trinajstić information content (AvgIpc) is 3.08. The van der Waals surface area contributed by atoms with E-state index in [1.165, 1.54) is 96.3 Å². The summed E-state index contributed by atoms with van der Waals surface area (Å²) in [6.07, 6.45) is 24.5. The summed E-state index contributed by atoms with van der Waals surface area (Å²) < 4.78 is 5.49. The Bertz CT molecular complexity index is 282. The van der Waals surface area contributed by atoms with Gasteiger partial charge in [0.05, 0.1) is 0 Å². The minimum absolute atomic E-state index is 0.0424. The third-order valence-electron chi connectivity index (χ3n) is 5.33. The standard InChI is InChI=1S/C22H42O2/c1-2-3-4-5-6-7-8-9-10-11-12-13-14-15-20-22(23)24-21-18-16-17-19-21/h21H,2-20H2,1H3. The molecular formula is C22H42O2. The van der Waals surface area contributed by atoms with Gasteiger partial charge in [0.1, 0.15) is 6.10 Å². The molecule has 1 aliphatic carbocycles. The average molecular weight is 339 g/mol. The number of hydrogen-bond donors (Lipinski definition) is 0. The molecule has 142 valence electrons. The van der Waals surface area contributed by atoms with Crippen LogP contribution in [0.2, 0.25) is 0 Å². The Kier molecular flexibility index (Phi) is 14.3. The Labute approximate surface area is 151 Å². The molecule has 1 aliphatic rings. The summed E-state index contributed by atoms with van der Waals surface area (Å²) in [6, 6.07) is 0. The molecule has 0 saturated heterocycles. The van der Waals surface area contributed by atoms with Gasteiger partial charge in [-0.15, -0.1) is 0 Å². The van der Waals surface area contributed by atoms with E-state index in [2.05, 4.69) is 6.92 Å². The van der Waals surface area contributed by atoms with Crippen LogP contribution in [0.1, 0.15) is 129 Å². The monoisotopic (exact) mass is 338 g/mol. The lowest BCUT2D eigenvalue weighted by Crippen LogP contribution is -2.14. The van der Waals surface area contributed by atoms with Crippen LogP contribution in [0.5, 0.6) is 0 Å². The molecule has 1 saturated carbocycles. The highest BCUT2D eigenvalue weighted by Crippen LogP contribution is 2.21. The van der Waals surface area contributed by atoms with Gasteiger partial charge in [-0.05, 0) is 32.1 Å². The molecule has 0 aromatic rings. The van der Waals surface area contributed by atoms with Gasteiger partial charge in [-0.2, -0.15) is 0 Å². The highest BCUT2D eigenvalue weighted by Gasteiger charge is 2.18. The van der Waals surface area contributed by atoms with Crippen molar-refractivity contribution in [3.05, 3.63) is 0 Å². The molecule has 2 heteroatoms. The number of carbonyl (C=O) groups excluding carboxylic acids is 1. The molecule has 0 atom stereocenters. The Morgan fingerprint density at radius 3 is 1.58 bits per heavy atom. The molecule has 24 heavy (non-hydrogen) atoms. The zero-order chi connectivity index (χ0) is 17.3. The zero-order valence-electron chi connectivity index (χ0n) is 16.3. The minimum atomic E-state index is 0.0424. The lowest BCUT2D eigenvalue weighted by Gasteiger charge is -2.10. The number of ether oxygens (including phenoxy) is 1. The Balaban J connectivity index is 1.72. The number of esters is 1. The number of unbranched alkanes of at least 4 members (excludes halogenated alkanes) is 13. The third kappa shape index (κ3) is 12.8. The normalized spacial score (nSPS) is 15.0. The van der Waals surface area contributed by atoms with Crippen molar-refractivity contribution in [2.45, 2.75) is 135 Å². The van der Waals surface area contributed by atoms with Gasteiger partial charge in [0.15, 0.2) is 0 Å². The molecule has 0 bridgehead atoms. The van der Waals surface area contributed by atoms with Crippen LogP contribution >= 0.6 is 0 Å². The topological polar surface area (TPSA) is 26.3 Å². The molecule has 0 aliphatic heterocycles. The van der Waals surface area contributed by atoms with Crippen LogP contribution in [-0.4, -0.2) is 12.1 Å². The highest BCUT2D eigenvalue weighted by molar-refractivity contribution is 5.69. The summed E-state index contributed by atoms with van der Waals surface area (Å²) in [5.74, 6) is 0.0424. The van der Waals surface area contributed by atoms with Crippen molar-refractivity contribution in [1.29, 1.82) is 0 Å². The quantitative estimate of drug-likeness (QED) is 0.217. The summed E-state index contributed by atoms with van der Waals surface area (Å²) in [5.41, 5.74) is 0. The second-order valence-corrected chi connectivity index (χ2v) is 7.74. The first-order chi connectivity index (χ1) is 11.8. The molecule has 0 radical (unpaired) electrons. The van der Waals surface area contributed by atoms with Gasteiger partial charge in [0.25, 0.3) is 0 Å². The summed E-state index contributed by atoms with van der Waals surface area (Å²) >= 11 is 0. The second-order valence-electron chi connectivity index (χ2n) is 7.74. The van der Waals surface area contributed by atoms with Gasteiger partial charge in [0, 0.05) is 6.42 Å². The van der Waals surface area contributed by atoms with E-state index in [1.54, 1.807) is 0 Å². The molecular weight excluding hydrogens is 296 g/mol. The van der Waals surface area contributed by atoms with Crippen molar-refractivity contribution in [2.75, 3.05) is 0 Å². The van der Waals surface area contributed by atoms with Crippen molar-refractivity contribution in [2.24, 2.45) is 0 Å². The van der Waals surface area contributed by atoms with Crippen LogP contribution in [0.4, 0.5) is 0 Å². The van der Waals surface area contributed by atoms with Crippen LogP contribution in [0.15, 0.2) is 0 Å². The van der Waals surface area contributed by atoms with Crippen LogP contribution in [0, 0.1) is 0 Å². The predicted molar refractivity (Wildman–Crippen MR) is 103 cm³/mol. The van der Waals surface area contributed by atoms with E-state index in [-0.39, 0.29) is 12.1 Å². The molecule has 1 fully saturated rings. The number of rotatable bonds is 16. The molecule has 0 amide bonds. The van der Waals surface area contributed by atoms with Gasteiger partial charge in [0.2, 0.25) is 0 Å². The fourth-order valence-electron chi connectivity index (χ4n) is 3.71. The lowest BCUT2D eigenvalue weighted by molar-refractivity contribution is -0.148. The van der Waals surface area contributed by atoms with Crippen molar-refractivity contribution in [3.63, 3.8) is 0 Å². The Morgan fingerprint density at radius 1 is 0.708 bits per heavy atom. The fraction of sp³-hybridized carbons (Fsp3) is 0.955. The molecule has 2 nitrogen and oxygen atoms in total. The van der Waals surface area contributed by atoms with Crippen LogP contribution in [0.25, 0.3) is 0 Å². The molecule has 0 spiro atoms. The van der Waals surface area contributed by atoms with Crippen LogP contribution < -0.4 is 0 Å². The smallest absolute Gasteiger partial charge is 0.306 e. The Morgan fingerprint density at radius 2 is 1.12 bits per heavy atom. The maximum absolute atomic E-state index is 11.7. The number of hydrogen-bond acceptors (Lipinski definition) is 2. The van der Waals surface area contributed by atoms with E-state index < -0.39 is 0 Å². The van der Waals surface area contributed by atoms with E-state index in [1.807, 2.05) is 0 Å². The van der Waals surface area contributed by atoms with Gasteiger partial charge in [-0.3, -0.25) is 4.79 Å². The SMILES string of the molecule is CCCCCCCCCCCCCCCCC(=O)OC1CCCC1. The van der Waals surface area contributed by atoms with Gasteiger partial charge in [-0.25, -0.2) is 0 Å². The van der Waals surface area contributed by atoms with Crippen LogP contribution in [-0.2, 0) is 9.53 Å². The maximum atomic E-state index is 11.7. The van der Waals surface area contributed by atoms with E-state index >= 15 is 0 Å². The first-order valence-electron chi connectivity index (χ1n) is 11.0. The van der Waals surface area contributed by atoms with Crippen molar-refractivity contribution < 1.29 is 9.53 Å². The van der Waals surface area contributed by atoms with Crippen molar-refractivity contribution >= 4 is 5.97 Å². The molecule has 0 aromatic heterocycles. The molecule has 0 aromatic carbocycles. The summed E-state index contributed by atoms with van der Waals surface area (Å²) in [7, 11) is 0. The molecule has 0 unspecified atom stereocenters. The molecule has 0 heterocycles. The van der Waals surface area contributed by atoms with Gasteiger partial charge in [-0.1, -0.05) is 90.4 Å².